The summed E-state index contributed by atoms with van der Waals surface area (Å²) in [4.78, 5) is 4.04. The summed E-state index contributed by atoms with van der Waals surface area (Å²) in [5.74, 6) is 0.938. The maximum absolute atomic E-state index is 9.42. The third kappa shape index (κ3) is 3.48. The Labute approximate surface area is 101 Å². The number of hydrogen-bond acceptors (Lipinski definition) is 3. The minimum atomic E-state index is 0.237. The molecule has 0 amide bonds. The van der Waals surface area contributed by atoms with Gasteiger partial charge in [-0.2, -0.15) is 0 Å². The zero-order valence-electron chi connectivity index (χ0n) is 9.76. The fraction of sp³-hybridized carbons (Fsp3) is 0.214. The standard InChI is InChI=1S/C14H15NO2/c1-11-7-13(16)9-14(8-11)17-6-4-12-3-2-5-15-10-12/h2-3,5,7-10,16H,4,6H2,1H3. The minimum absolute atomic E-state index is 0.237. The quantitative estimate of drug-likeness (QED) is 0.876. The predicted molar refractivity (Wildman–Crippen MR) is 66.3 cm³/mol. The van der Waals surface area contributed by atoms with E-state index >= 15 is 0 Å². The van der Waals surface area contributed by atoms with Crippen molar-refractivity contribution in [2.24, 2.45) is 0 Å². The van der Waals surface area contributed by atoms with E-state index in [1.165, 1.54) is 0 Å². The van der Waals surface area contributed by atoms with E-state index in [9.17, 15) is 5.11 Å². The SMILES string of the molecule is Cc1cc(O)cc(OCCc2cccnc2)c1. The van der Waals surface area contributed by atoms with Crippen molar-refractivity contribution >= 4 is 0 Å². The van der Waals surface area contributed by atoms with Gasteiger partial charge in [0.05, 0.1) is 6.61 Å². The lowest BCUT2D eigenvalue weighted by molar-refractivity contribution is 0.319. The molecule has 0 aliphatic carbocycles. The van der Waals surface area contributed by atoms with Crippen molar-refractivity contribution in [2.45, 2.75) is 13.3 Å². The molecule has 0 fully saturated rings. The Bertz CT molecular complexity index is 463. The monoisotopic (exact) mass is 229 g/mol. The van der Waals surface area contributed by atoms with E-state index in [-0.39, 0.29) is 5.75 Å². The molecule has 1 heterocycles. The molecule has 2 aromatic rings. The number of phenolic OH excluding ortho intramolecular Hbond substituents is 1. The van der Waals surface area contributed by atoms with Crippen molar-refractivity contribution in [1.29, 1.82) is 0 Å². The molecule has 0 bridgehead atoms. The Hall–Kier alpha value is -2.03. The summed E-state index contributed by atoms with van der Waals surface area (Å²) in [6.45, 7) is 2.50. The lowest BCUT2D eigenvalue weighted by Crippen LogP contribution is -2.01. The molecule has 2 rings (SSSR count). The normalized spacial score (nSPS) is 10.2. The molecule has 0 radical (unpaired) electrons. The van der Waals surface area contributed by atoms with Crippen LogP contribution in [0.2, 0.25) is 0 Å². The maximum atomic E-state index is 9.42. The first kappa shape index (κ1) is 11.5. The fourth-order valence-electron chi connectivity index (χ4n) is 1.64. The van der Waals surface area contributed by atoms with E-state index in [0.717, 1.165) is 17.5 Å². The molecule has 0 atom stereocenters. The molecule has 0 spiro atoms. The summed E-state index contributed by atoms with van der Waals surface area (Å²) in [7, 11) is 0. The van der Waals surface area contributed by atoms with Crippen molar-refractivity contribution in [3.63, 3.8) is 0 Å². The topological polar surface area (TPSA) is 42.4 Å². The van der Waals surface area contributed by atoms with E-state index in [0.29, 0.717) is 12.4 Å². The smallest absolute Gasteiger partial charge is 0.123 e. The zero-order chi connectivity index (χ0) is 12.1. The molecular weight excluding hydrogens is 214 g/mol. The van der Waals surface area contributed by atoms with Gasteiger partial charge in [-0.3, -0.25) is 4.98 Å². The van der Waals surface area contributed by atoms with Crippen LogP contribution in [0.25, 0.3) is 0 Å². The van der Waals surface area contributed by atoms with Gasteiger partial charge in [0.25, 0.3) is 0 Å². The molecule has 1 aromatic heterocycles. The van der Waals surface area contributed by atoms with Crippen molar-refractivity contribution < 1.29 is 9.84 Å². The lowest BCUT2D eigenvalue weighted by Gasteiger charge is -2.07. The molecule has 1 N–H and O–H groups in total. The highest BCUT2D eigenvalue weighted by Crippen LogP contribution is 2.21. The Morgan fingerprint density at radius 3 is 2.88 bits per heavy atom. The molecule has 0 saturated heterocycles. The number of aromatic nitrogens is 1. The van der Waals surface area contributed by atoms with E-state index in [2.05, 4.69) is 4.98 Å². The number of aryl methyl sites for hydroxylation is 1. The first-order valence-electron chi connectivity index (χ1n) is 5.56. The highest BCUT2D eigenvalue weighted by Gasteiger charge is 1.99. The molecule has 0 unspecified atom stereocenters. The van der Waals surface area contributed by atoms with Gasteiger partial charge in [0.1, 0.15) is 11.5 Å². The van der Waals surface area contributed by atoms with Crippen molar-refractivity contribution in [1.82, 2.24) is 4.98 Å². The maximum Gasteiger partial charge on any atom is 0.123 e. The Kier molecular flexibility index (Phi) is 3.60. The summed E-state index contributed by atoms with van der Waals surface area (Å²) < 4.78 is 5.58. The van der Waals surface area contributed by atoms with Crippen LogP contribution < -0.4 is 4.74 Å². The summed E-state index contributed by atoms with van der Waals surface area (Å²) in [5, 5.41) is 9.42. The third-order valence-electron chi connectivity index (χ3n) is 2.42. The highest BCUT2D eigenvalue weighted by molar-refractivity contribution is 5.36. The zero-order valence-corrected chi connectivity index (χ0v) is 9.76. The van der Waals surface area contributed by atoms with Gasteiger partial charge in [-0.05, 0) is 36.2 Å². The number of benzene rings is 1. The van der Waals surface area contributed by atoms with Crippen LogP contribution in [0.15, 0.2) is 42.7 Å². The molecule has 1 aromatic carbocycles. The average Bonchev–Trinajstić information content (AvgIpc) is 2.29. The number of pyridine rings is 1. The van der Waals surface area contributed by atoms with Crippen LogP contribution in [-0.4, -0.2) is 16.7 Å². The molecule has 17 heavy (non-hydrogen) atoms. The second kappa shape index (κ2) is 5.34. The van der Waals surface area contributed by atoms with E-state index in [4.69, 9.17) is 4.74 Å². The van der Waals surface area contributed by atoms with Crippen molar-refractivity contribution in [3.8, 4) is 11.5 Å². The van der Waals surface area contributed by atoms with Crippen LogP contribution in [0, 0.1) is 6.92 Å². The van der Waals surface area contributed by atoms with E-state index in [1.54, 1.807) is 18.3 Å². The molecule has 3 heteroatoms. The molecule has 0 saturated carbocycles. The van der Waals surface area contributed by atoms with Gasteiger partial charge in [-0.25, -0.2) is 0 Å². The van der Waals surface area contributed by atoms with Gasteiger partial charge in [0.2, 0.25) is 0 Å². The van der Waals surface area contributed by atoms with E-state index in [1.807, 2.05) is 31.3 Å². The summed E-state index contributed by atoms with van der Waals surface area (Å²) in [6, 6.07) is 9.16. The first-order chi connectivity index (χ1) is 8.24. The Morgan fingerprint density at radius 1 is 1.29 bits per heavy atom. The molecule has 88 valence electrons. The first-order valence-corrected chi connectivity index (χ1v) is 5.56. The van der Waals surface area contributed by atoms with E-state index < -0.39 is 0 Å². The van der Waals surface area contributed by atoms with Gasteiger partial charge in [0.15, 0.2) is 0 Å². The Balaban J connectivity index is 1.90. The van der Waals surface area contributed by atoms with Crippen LogP contribution in [0.4, 0.5) is 0 Å². The lowest BCUT2D eigenvalue weighted by atomic mass is 10.2. The molecule has 0 aliphatic heterocycles. The summed E-state index contributed by atoms with van der Waals surface area (Å²) in [5.41, 5.74) is 2.13. The van der Waals surface area contributed by atoms with Crippen LogP contribution >= 0.6 is 0 Å². The minimum Gasteiger partial charge on any atom is -0.508 e. The fourth-order valence-corrected chi connectivity index (χ4v) is 1.64. The van der Waals surface area contributed by atoms with Gasteiger partial charge < -0.3 is 9.84 Å². The highest BCUT2D eigenvalue weighted by atomic mass is 16.5. The predicted octanol–water partition coefficient (Wildman–Crippen LogP) is 2.72. The third-order valence-corrected chi connectivity index (χ3v) is 2.42. The van der Waals surface area contributed by atoms with Gasteiger partial charge in [-0.15, -0.1) is 0 Å². The second-order valence-corrected chi connectivity index (χ2v) is 3.96. The number of rotatable bonds is 4. The number of hydrogen-bond donors (Lipinski definition) is 1. The van der Waals surface area contributed by atoms with Crippen molar-refractivity contribution in [2.75, 3.05) is 6.61 Å². The summed E-state index contributed by atoms with van der Waals surface area (Å²) >= 11 is 0. The van der Waals surface area contributed by atoms with Crippen LogP contribution in [0.3, 0.4) is 0 Å². The number of nitrogens with zero attached hydrogens (tertiary/aromatic N) is 1. The van der Waals surface area contributed by atoms with Crippen LogP contribution in [0.1, 0.15) is 11.1 Å². The number of ether oxygens (including phenoxy) is 1. The van der Waals surface area contributed by atoms with Gasteiger partial charge in [0, 0.05) is 24.9 Å². The molecular formula is C14H15NO2. The second-order valence-electron chi connectivity index (χ2n) is 3.96. The Morgan fingerprint density at radius 2 is 2.18 bits per heavy atom. The molecule has 0 aliphatic rings. The van der Waals surface area contributed by atoms with Gasteiger partial charge >= 0.3 is 0 Å². The molecule has 3 nitrogen and oxygen atoms in total. The average molecular weight is 229 g/mol. The van der Waals surface area contributed by atoms with Crippen molar-refractivity contribution in [3.05, 3.63) is 53.9 Å². The van der Waals surface area contributed by atoms with Crippen LogP contribution in [-0.2, 0) is 6.42 Å². The number of phenols is 1. The number of aromatic hydroxyl groups is 1. The summed E-state index contributed by atoms with van der Waals surface area (Å²) in [6.07, 6.45) is 4.39. The largest absolute Gasteiger partial charge is 0.508 e. The van der Waals surface area contributed by atoms with Crippen LogP contribution in [0.5, 0.6) is 11.5 Å². The van der Waals surface area contributed by atoms with Gasteiger partial charge in [-0.1, -0.05) is 6.07 Å².